The molecule has 0 aliphatic carbocycles. The van der Waals surface area contributed by atoms with Gasteiger partial charge in [0.15, 0.2) is 5.78 Å². The molecule has 0 unspecified atom stereocenters. The largest absolute Gasteiger partial charge is 0.370 e. The van der Waals surface area contributed by atoms with Gasteiger partial charge in [0.2, 0.25) is 0 Å². The molecule has 0 aliphatic heterocycles. The number of ketones is 1. The zero-order chi connectivity index (χ0) is 20.1. The number of benzene rings is 2. The van der Waals surface area contributed by atoms with Crippen LogP contribution in [0.25, 0.3) is 6.08 Å². The van der Waals surface area contributed by atoms with E-state index in [1.807, 2.05) is 32.0 Å². The molecule has 0 saturated heterocycles. The predicted octanol–water partition coefficient (Wildman–Crippen LogP) is 6.09. The second-order valence-corrected chi connectivity index (χ2v) is 6.62. The molecule has 2 rings (SSSR count). The van der Waals surface area contributed by atoms with Crippen molar-refractivity contribution in [2.45, 2.75) is 33.7 Å². The zero-order valence-electron chi connectivity index (χ0n) is 16.3. The Morgan fingerprint density at radius 1 is 1.22 bits per heavy atom. The maximum atomic E-state index is 14.4. The molecule has 0 atom stereocenters. The lowest BCUT2D eigenvalue weighted by atomic mass is 9.98. The van der Waals surface area contributed by atoms with E-state index in [1.165, 1.54) is 6.07 Å². The van der Waals surface area contributed by atoms with Crippen LogP contribution in [0.4, 0.5) is 14.5 Å². The lowest BCUT2D eigenvalue weighted by molar-refractivity contribution is 0.103. The highest BCUT2D eigenvalue weighted by Gasteiger charge is 2.19. The van der Waals surface area contributed by atoms with Gasteiger partial charge in [-0.1, -0.05) is 37.3 Å². The fraction of sp³-hybridized carbons (Fsp3) is 0.261. The number of rotatable bonds is 7. The molecule has 0 bridgehead atoms. The number of hydrogen-bond donors (Lipinski definition) is 0. The summed E-state index contributed by atoms with van der Waals surface area (Å²) >= 11 is 0. The molecule has 0 aromatic heterocycles. The topological polar surface area (TPSA) is 20.3 Å². The minimum Gasteiger partial charge on any atom is -0.370 e. The van der Waals surface area contributed by atoms with Crippen molar-refractivity contribution in [3.05, 3.63) is 82.4 Å². The summed E-state index contributed by atoms with van der Waals surface area (Å²) in [6.07, 6.45) is 3.98. The highest BCUT2D eigenvalue weighted by molar-refractivity contribution is 6.11. The van der Waals surface area contributed by atoms with Crippen molar-refractivity contribution in [1.82, 2.24) is 0 Å². The number of anilines is 1. The Kier molecular flexibility index (Phi) is 6.67. The Morgan fingerprint density at radius 3 is 2.56 bits per heavy atom. The fourth-order valence-electron chi connectivity index (χ4n) is 2.96. The molecule has 0 radical (unpaired) electrons. The molecule has 0 aliphatic rings. The molecule has 2 nitrogen and oxygen atoms in total. The first-order valence-corrected chi connectivity index (χ1v) is 8.93. The maximum Gasteiger partial charge on any atom is 0.190 e. The van der Waals surface area contributed by atoms with E-state index in [4.69, 9.17) is 0 Å². The Labute approximate surface area is 159 Å². The van der Waals surface area contributed by atoms with Gasteiger partial charge in [0, 0.05) is 36.5 Å². The van der Waals surface area contributed by atoms with Crippen LogP contribution in [-0.2, 0) is 6.54 Å². The molecule has 2 aromatic rings. The molecular formula is C23H25F2NO. The lowest BCUT2D eigenvalue weighted by Crippen LogP contribution is -2.21. The van der Waals surface area contributed by atoms with Gasteiger partial charge in [-0.15, -0.1) is 0 Å². The van der Waals surface area contributed by atoms with E-state index < -0.39 is 11.6 Å². The van der Waals surface area contributed by atoms with Crippen LogP contribution in [0.15, 0.2) is 48.6 Å². The maximum absolute atomic E-state index is 14.4. The van der Waals surface area contributed by atoms with Gasteiger partial charge in [-0.3, -0.25) is 4.79 Å². The molecule has 0 amide bonds. The number of allylic oxidation sites excluding steroid dienone is 2. The van der Waals surface area contributed by atoms with Crippen molar-refractivity contribution >= 4 is 17.5 Å². The van der Waals surface area contributed by atoms with Gasteiger partial charge in [-0.05, 0) is 49.6 Å². The van der Waals surface area contributed by atoms with E-state index in [0.29, 0.717) is 34.4 Å². The van der Waals surface area contributed by atoms with Gasteiger partial charge in [0.1, 0.15) is 11.6 Å². The highest BCUT2D eigenvalue weighted by atomic mass is 19.1. The average Bonchev–Trinajstić information content (AvgIpc) is 2.63. The Hall–Kier alpha value is -2.75. The SMILES string of the molecule is C=C(CC)C(=O)c1cc(C)ccc1N(C)Cc1c(F)cc(F)cc1C=CC. The summed E-state index contributed by atoms with van der Waals surface area (Å²) in [5.41, 5.74) is 3.58. The fourth-order valence-corrected chi connectivity index (χ4v) is 2.96. The van der Waals surface area contributed by atoms with E-state index in [-0.39, 0.29) is 12.3 Å². The number of carbonyl (C=O) groups is 1. The third-order valence-electron chi connectivity index (χ3n) is 4.49. The third-order valence-corrected chi connectivity index (χ3v) is 4.49. The van der Waals surface area contributed by atoms with E-state index in [2.05, 4.69) is 6.58 Å². The minimum absolute atomic E-state index is 0.115. The highest BCUT2D eigenvalue weighted by Crippen LogP contribution is 2.27. The van der Waals surface area contributed by atoms with Crippen molar-refractivity contribution in [3.8, 4) is 0 Å². The molecule has 0 spiro atoms. The summed E-state index contributed by atoms with van der Waals surface area (Å²) in [7, 11) is 1.79. The van der Waals surface area contributed by atoms with Crippen molar-refractivity contribution in [2.75, 3.05) is 11.9 Å². The van der Waals surface area contributed by atoms with Crippen molar-refractivity contribution in [3.63, 3.8) is 0 Å². The van der Waals surface area contributed by atoms with Crippen LogP contribution in [-0.4, -0.2) is 12.8 Å². The normalized spacial score (nSPS) is 11.0. The second-order valence-electron chi connectivity index (χ2n) is 6.62. The lowest BCUT2D eigenvalue weighted by Gasteiger charge is -2.24. The first kappa shape index (κ1) is 20.6. The van der Waals surface area contributed by atoms with Crippen LogP contribution < -0.4 is 4.90 Å². The van der Waals surface area contributed by atoms with Gasteiger partial charge in [-0.2, -0.15) is 0 Å². The number of aryl methyl sites for hydroxylation is 1. The van der Waals surface area contributed by atoms with Gasteiger partial charge >= 0.3 is 0 Å². The summed E-state index contributed by atoms with van der Waals surface area (Å²) < 4.78 is 28.0. The number of carbonyl (C=O) groups excluding carboxylic acids is 1. The van der Waals surface area contributed by atoms with Crippen molar-refractivity contribution in [1.29, 1.82) is 0 Å². The predicted molar refractivity (Wildman–Crippen MR) is 108 cm³/mol. The van der Waals surface area contributed by atoms with Crippen molar-refractivity contribution < 1.29 is 13.6 Å². The number of nitrogens with zero attached hydrogens (tertiary/aromatic N) is 1. The molecular weight excluding hydrogens is 344 g/mol. The number of hydrogen-bond acceptors (Lipinski definition) is 2. The van der Waals surface area contributed by atoms with Gasteiger partial charge in [0.25, 0.3) is 0 Å². The van der Waals surface area contributed by atoms with Gasteiger partial charge in [0.05, 0.1) is 0 Å². The zero-order valence-corrected chi connectivity index (χ0v) is 16.3. The van der Waals surface area contributed by atoms with Crippen LogP contribution in [0, 0.1) is 18.6 Å². The van der Waals surface area contributed by atoms with Gasteiger partial charge < -0.3 is 4.90 Å². The minimum atomic E-state index is -0.613. The number of Topliss-reactive ketones (excluding diaryl/α,β-unsaturated/α-hetero) is 1. The van der Waals surface area contributed by atoms with Crippen LogP contribution >= 0.6 is 0 Å². The van der Waals surface area contributed by atoms with Crippen LogP contribution in [0.5, 0.6) is 0 Å². The van der Waals surface area contributed by atoms with Crippen molar-refractivity contribution in [2.24, 2.45) is 0 Å². The summed E-state index contributed by atoms with van der Waals surface area (Å²) in [5.74, 6) is -1.33. The molecule has 0 fully saturated rings. The first-order valence-electron chi connectivity index (χ1n) is 8.93. The molecule has 142 valence electrons. The summed E-state index contributed by atoms with van der Waals surface area (Å²) in [5, 5.41) is 0. The summed E-state index contributed by atoms with van der Waals surface area (Å²) in [4.78, 5) is 14.5. The molecule has 0 N–H and O–H groups in total. The average molecular weight is 369 g/mol. The van der Waals surface area contributed by atoms with Crippen LogP contribution in [0.1, 0.15) is 47.3 Å². The quantitative estimate of drug-likeness (QED) is 0.435. The van der Waals surface area contributed by atoms with Crippen LogP contribution in [0.2, 0.25) is 0 Å². The monoisotopic (exact) mass is 369 g/mol. The standard InChI is InChI=1S/C23H25F2NO/c1-6-8-17-12-18(24)13-21(25)20(17)14-26(5)22-10-9-15(3)11-19(22)23(27)16(4)7-2/h6,8-13H,4,7,14H2,1-3,5H3. The number of halogens is 2. The Balaban J connectivity index is 2.47. The molecule has 27 heavy (non-hydrogen) atoms. The second kappa shape index (κ2) is 8.76. The molecule has 4 heteroatoms. The molecule has 2 aromatic carbocycles. The van der Waals surface area contributed by atoms with E-state index in [1.54, 1.807) is 31.0 Å². The van der Waals surface area contributed by atoms with E-state index in [9.17, 15) is 13.6 Å². The Morgan fingerprint density at radius 2 is 1.93 bits per heavy atom. The Bertz CT molecular complexity index is 899. The van der Waals surface area contributed by atoms with Gasteiger partial charge in [-0.25, -0.2) is 8.78 Å². The summed E-state index contributed by atoms with van der Waals surface area (Å²) in [6.45, 7) is 9.65. The van der Waals surface area contributed by atoms with E-state index in [0.717, 1.165) is 11.6 Å². The summed E-state index contributed by atoms with van der Waals surface area (Å²) in [6, 6.07) is 7.78. The third kappa shape index (κ3) is 4.70. The molecule has 0 saturated carbocycles. The smallest absolute Gasteiger partial charge is 0.190 e. The van der Waals surface area contributed by atoms with Crippen LogP contribution in [0.3, 0.4) is 0 Å². The molecule has 0 heterocycles. The van der Waals surface area contributed by atoms with E-state index >= 15 is 0 Å². The first-order chi connectivity index (χ1) is 12.8.